The maximum absolute atomic E-state index is 13.6. The maximum Gasteiger partial charge on any atom is 0.245 e. The first-order valence-electron chi connectivity index (χ1n) is 17.8. The summed E-state index contributed by atoms with van der Waals surface area (Å²) in [5, 5.41) is 9.84. The lowest BCUT2D eigenvalue weighted by molar-refractivity contribution is -0.138. The van der Waals surface area contributed by atoms with E-state index in [1.54, 1.807) is 30.9 Å². The summed E-state index contributed by atoms with van der Waals surface area (Å²) in [6.07, 6.45) is 13.8. The molecule has 2 fully saturated rings. The van der Waals surface area contributed by atoms with E-state index < -0.39 is 6.04 Å². The van der Waals surface area contributed by atoms with E-state index in [-0.39, 0.29) is 29.4 Å². The molecular weight excluding hydrogens is 628 g/mol. The van der Waals surface area contributed by atoms with Gasteiger partial charge in [-0.3, -0.25) is 28.8 Å². The molecule has 10 nitrogen and oxygen atoms in total. The predicted octanol–water partition coefficient (Wildman–Crippen LogP) is 5.23. The fourth-order valence-corrected chi connectivity index (χ4v) is 6.64. The number of nitrogens with zero attached hydrogens (tertiary/aromatic N) is 4. The average molecular weight is 681 g/mol. The number of carbonyl (C=O) groups excluding carboxylic acids is 4. The van der Waals surface area contributed by atoms with E-state index in [0.717, 1.165) is 54.9 Å². The van der Waals surface area contributed by atoms with Gasteiger partial charge in [0.15, 0.2) is 5.78 Å². The summed E-state index contributed by atoms with van der Waals surface area (Å²) in [6.45, 7) is 8.86. The second kappa shape index (κ2) is 18.9. The lowest BCUT2D eigenvalue weighted by atomic mass is 9.80. The third-order valence-corrected chi connectivity index (χ3v) is 9.75. The normalized spacial score (nSPS) is 16.3. The molecule has 0 radical (unpaired) electrons. The van der Waals surface area contributed by atoms with Crippen LogP contribution in [0, 0.1) is 24.2 Å². The van der Waals surface area contributed by atoms with Gasteiger partial charge in [0.05, 0.1) is 0 Å². The summed E-state index contributed by atoms with van der Waals surface area (Å²) in [6, 6.07) is 16.7. The quantitative estimate of drug-likeness (QED) is 0.212. The van der Waals surface area contributed by atoms with Crippen LogP contribution in [0.2, 0.25) is 0 Å². The molecule has 2 aromatic carbocycles. The Morgan fingerprint density at radius 2 is 1.66 bits per heavy atom. The first-order chi connectivity index (χ1) is 24.1. The zero-order valence-electron chi connectivity index (χ0n) is 30.0. The summed E-state index contributed by atoms with van der Waals surface area (Å²) in [7, 11) is 1.75. The Kier molecular flexibility index (Phi) is 14.4. The second-order valence-corrected chi connectivity index (χ2v) is 13.4. The highest BCUT2D eigenvalue weighted by Crippen LogP contribution is 2.30. The van der Waals surface area contributed by atoms with Crippen molar-refractivity contribution in [1.29, 1.82) is 0 Å². The molecule has 2 aliphatic rings. The lowest BCUT2D eigenvalue weighted by Gasteiger charge is -2.36. The molecule has 1 aromatic heterocycles. The average Bonchev–Trinajstić information content (AvgIpc) is 3.58. The number of Topliss-reactive ketones (excluding diaryl/α,β-unsaturated/α-hetero) is 1. The molecule has 3 amide bonds. The number of hydrogen-bond acceptors (Lipinski definition) is 6. The number of nitrogens with one attached hydrogen (secondary N) is 2. The molecule has 1 saturated carbocycles. The van der Waals surface area contributed by atoms with Crippen molar-refractivity contribution in [3.63, 3.8) is 0 Å². The number of piperazine rings is 1. The van der Waals surface area contributed by atoms with Crippen molar-refractivity contribution >= 4 is 29.2 Å². The molecule has 2 N–H and O–H groups in total. The Balaban J connectivity index is 0.000000541. The SMILES string of the molecule is C#Cc1cccc(CN2CCN(C(=O)C(Cc3ccc(NC(=O)[C@@H](C)C4CCCCC4)cc3)NC(=O)CC)CC2)c1.CC(=O)c1ccnn1C. The third kappa shape index (κ3) is 11.1. The minimum Gasteiger partial charge on any atom is -0.344 e. The Hall–Kier alpha value is -4.75. The molecule has 266 valence electrons. The largest absolute Gasteiger partial charge is 0.344 e. The van der Waals surface area contributed by atoms with Crippen LogP contribution in [0.15, 0.2) is 60.8 Å². The van der Waals surface area contributed by atoms with E-state index >= 15 is 0 Å². The number of aryl methyl sites for hydroxylation is 1. The minimum absolute atomic E-state index is 0.00480. The Bertz CT molecular complexity index is 1630. The molecule has 10 heteroatoms. The Morgan fingerprint density at radius 3 is 2.24 bits per heavy atom. The van der Waals surface area contributed by atoms with E-state index in [0.29, 0.717) is 37.5 Å². The first kappa shape index (κ1) is 38.1. The highest BCUT2D eigenvalue weighted by Gasteiger charge is 2.29. The number of rotatable bonds is 11. The molecule has 1 aliphatic carbocycles. The monoisotopic (exact) mass is 680 g/mol. The standard InChI is InChI=1S/C34H44N4O3.C6H8N2O/c1-4-26-10-9-11-28(22-26)24-37-18-20-38(21-19-37)34(41)31(36-32(39)5-2)23-27-14-16-30(17-15-27)35-33(40)25(3)29-12-7-6-8-13-29;1-5(9)6-3-4-7-8(6)2/h1,9-11,14-17,22,25,29,31H,5-8,12-13,18-21,23-24H2,2-3H3,(H,35,40)(H,36,39);3-4H,1-2H3/t25-,31?;/m0./s1. The highest BCUT2D eigenvalue weighted by molar-refractivity contribution is 5.93. The third-order valence-electron chi connectivity index (χ3n) is 9.75. The molecule has 1 saturated heterocycles. The number of terminal acetylenes is 1. The molecule has 3 aromatic rings. The van der Waals surface area contributed by atoms with Crippen molar-refractivity contribution in [1.82, 2.24) is 24.9 Å². The number of aromatic nitrogens is 2. The topological polar surface area (TPSA) is 117 Å². The van der Waals surface area contributed by atoms with Gasteiger partial charge in [-0.05, 0) is 60.2 Å². The summed E-state index contributed by atoms with van der Waals surface area (Å²) in [5.41, 5.74) is 4.37. The molecule has 1 unspecified atom stereocenters. The van der Waals surface area contributed by atoms with Crippen LogP contribution in [0.3, 0.4) is 0 Å². The smallest absolute Gasteiger partial charge is 0.245 e. The lowest BCUT2D eigenvalue weighted by Crippen LogP contribution is -2.55. The minimum atomic E-state index is -0.631. The Labute approximate surface area is 297 Å². The number of amides is 3. The zero-order chi connectivity index (χ0) is 36.0. The Morgan fingerprint density at radius 1 is 0.960 bits per heavy atom. The highest BCUT2D eigenvalue weighted by atomic mass is 16.2. The van der Waals surface area contributed by atoms with Crippen molar-refractivity contribution in [2.24, 2.45) is 18.9 Å². The second-order valence-electron chi connectivity index (χ2n) is 13.4. The summed E-state index contributed by atoms with van der Waals surface area (Å²) in [5.74, 6) is 3.05. The predicted molar refractivity (Wildman–Crippen MR) is 196 cm³/mol. The van der Waals surface area contributed by atoms with Crippen LogP contribution >= 0.6 is 0 Å². The molecular formula is C40H52N6O4. The van der Waals surface area contributed by atoms with Crippen LogP contribution in [-0.4, -0.2) is 75.3 Å². The summed E-state index contributed by atoms with van der Waals surface area (Å²) < 4.78 is 1.56. The summed E-state index contributed by atoms with van der Waals surface area (Å²) >= 11 is 0. The van der Waals surface area contributed by atoms with Crippen LogP contribution in [0.5, 0.6) is 0 Å². The van der Waals surface area contributed by atoms with Crippen LogP contribution in [0.1, 0.15) is 86.5 Å². The molecule has 0 bridgehead atoms. The van der Waals surface area contributed by atoms with Crippen molar-refractivity contribution in [3.8, 4) is 12.3 Å². The number of anilines is 1. The van der Waals surface area contributed by atoms with E-state index in [2.05, 4.69) is 32.6 Å². The number of ketones is 1. The summed E-state index contributed by atoms with van der Waals surface area (Å²) in [4.78, 5) is 53.6. The first-order valence-corrected chi connectivity index (χ1v) is 17.8. The van der Waals surface area contributed by atoms with E-state index in [1.807, 2.05) is 54.3 Å². The van der Waals surface area contributed by atoms with Crippen LogP contribution in [0.4, 0.5) is 5.69 Å². The molecule has 5 rings (SSSR count). The maximum atomic E-state index is 13.6. The van der Waals surface area contributed by atoms with Gasteiger partial charge in [0.25, 0.3) is 0 Å². The van der Waals surface area contributed by atoms with Gasteiger partial charge in [-0.1, -0.05) is 63.3 Å². The number of benzene rings is 2. The van der Waals surface area contributed by atoms with Gasteiger partial charge >= 0.3 is 0 Å². The van der Waals surface area contributed by atoms with Crippen molar-refractivity contribution in [2.45, 2.75) is 78.3 Å². The van der Waals surface area contributed by atoms with Crippen LogP contribution < -0.4 is 10.6 Å². The number of hydrogen-bond donors (Lipinski definition) is 2. The van der Waals surface area contributed by atoms with Gasteiger partial charge in [0.2, 0.25) is 17.7 Å². The van der Waals surface area contributed by atoms with Crippen LogP contribution in [0.25, 0.3) is 0 Å². The molecule has 0 spiro atoms. The molecule has 1 aliphatic heterocycles. The molecule has 50 heavy (non-hydrogen) atoms. The van der Waals surface area contributed by atoms with Gasteiger partial charge < -0.3 is 15.5 Å². The fraction of sp³-hybridized carbons (Fsp3) is 0.475. The van der Waals surface area contributed by atoms with Gasteiger partial charge in [0.1, 0.15) is 11.7 Å². The number of carbonyl (C=O) groups is 4. The molecule has 2 heterocycles. The van der Waals surface area contributed by atoms with Crippen molar-refractivity contribution in [3.05, 3.63) is 83.2 Å². The van der Waals surface area contributed by atoms with Crippen molar-refractivity contribution < 1.29 is 19.2 Å². The van der Waals surface area contributed by atoms with Gasteiger partial charge in [-0.15, -0.1) is 6.42 Å². The van der Waals surface area contributed by atoms with E-state index in [9.17, 15) is 19.2 Å². The van der Waals surface area contributed by atoms with Gasteiger partial charge in [-0.25, -0.2) is 0 Å². The van der Waals surface area contributed by atoms with Crippen LogP contribution in [-0.2, 0) is 34.4 Å². The fourth-order valence-electron chi connectivity index (χ4n) is 6.64. The van der Waals surface area contributed by atoms with E-state index in [4.69, 9.17) is 6.42 Å². The molecule has 2 atom stereocenters. The van der Waals surface area contributed by atoms with Crippen molar-refractivity contribution in [2.75, 3.05) is 31.5 Å². The zero-order valence-corrected chi connectivity index (χ0v) is 30.0. The van der Waals surface area contributed by atoms with E-state index in [1.165, 1.54) is 26.2 Å². The van der Waals surface area contributed by atoms with Gasteiger partial charge in [0, 0.05) is 82.9 Å². The van der Waals surface area contributed by atoms with Gasteiger partial charge in [-0.2, -0.15) is 5.10 Å².